The highest BCUT2D eigenvalue weighted by molar-refractivity contribution is 6.72. The Morgan fingerprint density at radius 1 is 1.15 bits per heavy atom. The number of anilines is 2. The van der Waals surface area contributed by atoms with E-state index in [0.29, 0.717) is 5.75 Å². The van der Waals surface area contributed by atoms with Gasteiger partial charge in [-0.25, -0.2) is 9.37 Å². The molecule has 3 heterocycles. The van der Waals surface area contributed by atoms with E-state index in [0.717, 1.165) is 52.8 Å². The van der Waals surface area contributed by atoms with Gasteiger partial charge in [0.05, 0.1) is 5.52 Å². The van der Waals surface area contributed by atoms with Gasteiger partial charge in [0.2, 0.25) is 0 Å². The number of fused-ring (bicyclic) bond motifs is 3. The van der Waals surface area contributed by atoms with Gasteiger partial charge in [-0.05, 0) is 61.3 Å². The van der Waals surface area contributed by atoms with Crippen molar-refractivity contribution in [2.45, 2.75) is 51.4 Å². The number of hydrogen-bond donors (Lipinski definition) is 2. The van der Waals surface area contributed by atoms with Crippen LogP contribution in [0.2, 0.25) is 18.1 Å². The lowest BCUT2D eigenvalue weighted by Gasteiger charge is -2.35. The molecule has 8 heteroatoms. The molecule has 0 unspecified atom stereocenters. The Bertz CT molecular complexity index is 1280. The van der Waals surface area contributed by atoms with E-state index in [-0.39, 0.29) is 11.6 Å². The largest absolute Gasteiger partial charge is 0.491 e. The molecule has 0 spiro atoms. The molecule has 3 aromatic heterocycles. The van der Waals surface area contributed by atoms with E-state index in [2.05, 4.69) is 34.8 Å². The Hall–Kier alpha value is -2.97. The molecule has 0 atom stereocenters. The molecule has 1 aromatic carbocycles. The lowest BCUT2D eigenvalue weighted by Crippen LogP contribution is -2.39. The third-order valence-electron chi connectivity index (χ3n) is 6.80. The minimum Gasteiger partial charge on any atom is -0.491 e. The minimum absolute atomic E-state index is 0.0363. The van der Waals surface area contributed by atoms with E-state index < -0.39 is 15.0 Å². The Labute approximate surface area is 200 Å². The van der Waals surface area contributed by atoms with Crippen molar-refractivity contribution in [2.24, 2.45) is 0 Å². The Kier molecular flexibility index (Phi) is 6.90. The van der Waals surface area contributed by atoms with Crippen LogP contribution in [0.4, 0.5) is 15.9 Å². The maximum Gasteiger partial charge on any atom is 0.188 e. The Morgan fingerprint density at radius 3 is 2.74 bits per heavy atom. The second-order valence-electron chi connectivity index (χ2n) is 9.85. The van der Waals surface area contributed by atoms with Gasteiger partial charge in [0, 0.05) is 41.5 Å². The van der Waals surface area contributed by atoms with E-state index in [4.69, 9.17) is 9.72 Å². The SMILES string of the molecule is CC(C)(CCCn1c2ccncc2c2ccc(Nc3cccc(OCCF)c3)nc21)[Si](C)(C)O. The van der Waals surface area contributed by atoms with Gasteiger partial charge in [-0.3, -0.25) is 4.98 Å². The highest BCUT2D eigenvalue weighted by atomic mass is 28.4. The molecule has 180 valence electrons. The highest BCUT2D eigenvalue weighted by Crippen LogP contribution is 2.40. The predicted octanol–water partition coefficient (Wildman–Crippen LogP) is 6.43. The monoisotopic (exact) mass is 480 g/mol. The molecular weight excluding hydrogens is 447 g/mol. The number of ether oxygens (including phenoxy) is 1. The number of halogens is 1. The molecule has 0 amide bonds. The first-order valence-corrected chi connectivity index (χ1v) is 14.7. The maximum absolute atomic E-state index is 12.4. The number of rotatable bonds is 10. The zero-order valence-corrected chi connectivity index (χ0v) is 21.3. The molecule has 6 nitrogen and oxygen atoms in total. The predicted molar refractivity (Wildman–Crippen MR) is 139 cm³/mol. The van der Waals surface area contributed by atoms with Gasteiger partial charge in [0.15, 0.2) is 8.32 Å². The maximum atomic E-state index is 12.4. The summed E-state index contributed by atoms with van der Waals surface area (Å²) in [4.78, 5) is 19.9. The fraction of sp³-hybridized carbons (Fsp3) is 0.385. The van der Waals surface area contributed by atoms with Crippen molar-refractivity contribution < 1.29 is 13.9 Å². The number of aromatic nitrogens is 3. The van der Waals surface area contributed by atoms with Crippen LogP contribution in [-0.4, -0.2) is 40.9 Å². The van der Waals surface area contributed by atoms with E-state index in [1.807, 2.05) is 55.8 Å². The van der Waals surface area contributed by atoms with Gasteiger partial charge >= 0.3 is 0 Å². The fourth-order valence-corrected chi connectivity index (χ4v) is 4.85. The average Bonchev–Trinajstić information content (AvgIpc) is 3.10. The van der Waals surface area contributed by atoms with Crippen molar-refractivity contribution in [1.82, 2.24) is 14.5 Å². The van der Waals surface area contributed by atoms with Crippen molar-refractivity contribution >= 4 is 41.8 Å². The number of hydrogen-bond acceptors (Lipinski definition) is 5. The van der Waals surface area contributed by atoms with Crippen LogP contribution < -0.4 is 10.1 Å². The molecule has 0 radical (unpaired) electrons. The molecule has 0 fully saturated rings. The molecule has 0 aliphatic carbocycles. The van der Waals surface area contributed by atoms with Gasteiger partial charge in [0.25, 0.3) is 0 Å². The second kappa shape index (κ2) is 9.72. The van der Waals surface area contributed by atoms with E-state index in [9.17, 15) is 9.19 Å². The quantitative estimate of drug-likeness (QED) is 0.256. The van der Waals surface area contributed by atoms with Gasteiger partial charge in [0.1, 0.15) is 30.5 Å². The Balaban J connectivity index is 1.63. The zero-order valence-electron chi connectivity index (χ0n) is 20.3. The molecule has 0 aliphatic rings. The molecule has 0 aliphatic heterocycles. The number of nitrogens with zero attached hydrogens (tertiary/aromatic N) is 3. The van der Waals surface area contributed by atoms with Crippen LogP contribution >= 0.6 is 0 Å². The van der Waals surface area contributed by atoms with Crippen molar-refractivity contribution in [3.05, 3.63) is 54.9 Å². The Morgan fingerprint density at radius 2 is 1.97 bits per heavy atom. The van der Waals surface area contributed by atoms with E-state index in [1.165, 1.54) is 0 Å². The molecule has 4 rings (SSSR count). The van der Waals surface area contributed by atoms with Gasteiger partial charge in [-0.2, -0.15) is 0 Å². The standard InChI is InChI=1S/C26H33FN4O2Si/c1-26(2,34(3,4)32)12-6-15-31-23-11-14-28-18-22(23)21-9-10-24(30-25(21)31)29-19-7-5-8-20(17-19)33-16-13-27/h5,7-11,14,17-18,32H,6,12-13,15-16H2,1-4H3,(H,29,30). The molecule has 4 aromatic rings. The highest BCUT2D eigenvalue weighted by Gasteiger charge is 2.37. The number of pyridine rings is 2. The lowest BCUT2D eigenvalue weighted by molar-refractivity contribution is 0.273. The van der Waals surface area contributed by atoms with Crippen LogP contribution in [0.1, 0.15) is 26.7 Å². The molecular formula is C26H33FN4O2Si. The average molecular weight is 481 g/mol. The van der Waals surface area contributed by atoms with E-state index >= 15 is 0 Å². The molecule has 0 bridgehead atoms. The molecule has 2 N–H and O–H groups in total. The van der Waals surface area contributed by atoms with Gasteiger partial charge < -0.3 is 19.4 Å². The van der Waals surface area contributed by atoms with E-state index in [1.54, 1.807) is 6.07 Å². The number of aryl methyl sites for hydroxylation is 1. The third-order valence-corrected chi connectivity index (χ3v) is 10.4. The molecule has 0 saturated carbocycles. The summed E-state index contributed by atoms with van der Waals surface area (Å²) in [5.41, 5.74) is 2.83. The molecule has 0 saturated heterocycles. The summed E-state index contributed by atoms with van der Waals surface area (Å²) < 4.78 is 20.1. The minimum atomic E-state index is -2.26. The summed E-state index contributed by atoms with van der Waals surface area (Å²) in [5.74, 6) is 1.33. The summed E-state index contributed by atoms with van der Waals surface area (Å²) in [6.45, 7) is 8.67. The van der Waals surface area contributed by atoms with Crippen LogP contribution in [0.3, 0.4) is 0 Å². The number of nitrogens with one attached hydrogen (secondary N) is 1. The summed E-state index contributed by atoms with van der Waals surface area (Å²) in [7, 11) is -2.26. The van der Waals surface area contributed by atoms with Crippen molar-refractivity contribution in [3.8, 4) is 5.75 Å². The normalized spacial score (nSPS) is 12.4. The summed E-state index contributed by atoms with van der Waals surface area (Å²) in [6.07, 6.45) is 5.59. The molecule has 34 heavy (non-hydrogen) atoms. The van der Waals surface area contributed by atoms with Crippen LogP contribution in [-0.2, 0) is 6.54 Å². The first-order valence-electron chi connectivity index (χ1n) is 11.7. The fourth-order valence-electron chi connectivity index (χ4n) is 4.06. The van der Waals surface area contributed by atoms with Crippen LogP contribution in [0, 0.1) is 0 Å². The lowest BCUT2D eigenvalue weighted by atomic mass is 10.1. The van der Waals surface area contributed by atoms with Gasteiger partial charge in [-0.1, -0.05) is 19.9 Å². The number of benzene rings is 1. The van der Waals surface area contributed by atoms with Crippen molar-refractivity contribution in [2.75, 3.05) is 18.6 Å². The summed E-state index contributed by atoms with van der Waals surface area (Å²) in [5, 5.41) is 5.41. The summed E-state index contributed by atoms with van der Waals surface area (Å²) >= 11 is 0. The van der Waals surface area contributed by atoms with Crippen molar-refractivity contribution in [3.63, 3.8) is 0 Å². The van der Waals surface area contributed by atoms with Crippen molar-refractivity contribution in [1.29, 1.82) is 0 Å². The van der Waals surface area contributed by atoms with Crippen LogP contribution in [0.25, 0.3) is 21.9 Å². The van der Waals surface area contributed by atoms with Crippen LogP contribution in [0.15, 0.2) is 54.9 Å². The van der Waals surface area contributed by atoms with Crippen LogP contribution in [0.5, 0.6) is 5.75 Å². The smallest absolute Gasteiger partial charge is 0.188 e. The van der Waals surface area contributed by atoms with Gasteiger partial charge in [-0.15, -0.1) is 0 Å². The number of alkyl halides is 1. The summed E-state index contributed by atoms with van der Waals surface area (Å²) in [6, 6.07) is 13.5. The zero-order chi connectivity index (χ0) is 24.3. The first-order chi connectivity index (χ1) is 16.2. The first kappa shape index (κ1) is 24.2. The topological polar surface area (TPSA) is 72.2 Å². The second-order valence-corrected chi connectivity index (χ2v) is 14.3. The third kappa shape index (κ3) is 5.08.